The van der Waals surface area contributed by atoms with E-state index in [0.29, 0.717) is 17.9 Å². The minimum atomic E-state index is -0.745. The average Bonchev–Trinajstić information content (AvgIpc) is 2.43. The van der Waals surface area contributed by atoms with Crippen LogP contribution in [-0.4, -0.2) is 30.6 Å². The number of hydrogen-bond donors (Lipinski definition) is 2. The average molecular weight is 353 g/mol. The van der Waals surface area contributed by atoms with Gasteiger partial charge in [0.2, 0.25) is 0 Å². The van der Waals surface area contributed by atoms with E-state index in [4.69, 9.17) is 16.3 Å². The first-order valence-electron chi connectivity index (χ1n) is 7.87. The molecule has 1 aromatic carbocycles. The Hall–Kier alpha value is -2.08. The van der Waals surface area contributed by atoms with Crippen molar-refractivity contribution in [1.82, 2.24) is 10.6 Å². The van der Waals surface area contributed by atoms with Gasteiger partial charge in [-0.25, -0.2) is 4.79 Å². The van der Waals surface area contributed by atoms with Crippen molar-refractivity contribution in [2.24, 2.45) is 0 Å². The Bertz CT molecular complexity index is 641. The van der Waals surface area contributed by atoms with E-state index in [9.17, 15) is 14.4 Å². The lowest BCUT2D eigenvalue weighted by Crippen LogP contribution is -2.47. The highest BCUT2D eigenvalue weighted by molar-refractivity contribution is 6.30. The van der Waals surface area contributed by atoms with Crippen molar-refractivity contribution >= 4 is 29.5 Å². The largest absolute Gasteiger partial charge is 0.455 e. The first-order valence-corrected chi connectivity index (χ1v) is 8.25. The molecule has 6 nitrogen and oxygen atoms in total. The van der Waals surface area contributed by atoms with Crippen molar-refractivity contribution in [2.75, 3.05) is 6.61 Å². The van der Waals surface area contributed by atoms with E-state index in [0.717, 1.165) is 12.0 Å². The van der Waals surface area contributed by atoms with Gasteiger partial charge in [0.15, 0.2) is 6.61 Å². The molecule has 1 fully saturated rings. The van der Waals surface area contributed by atoms with Gasteiger partial charge in [-0.2, -0.15) is 0 Å². The molecule has 7 heteroatoms. The fourth-order valence-electron chi connectivity index (χ4n) is 2.66. The summed E-state index contributed by atoms with van der Waals surface area (Å²) in [7, 11) is 0. The molecule has 0 aliphatic heterocycles. The number of imide groups is 1. The van der Waals surface area contributed by atoms with Crippen molar-refractivity contribution in [3.63, 3.8) is 0 Å². The SMILES string of the molecule is CC(C)NC(=O)NC(=O)COC(=O)C1(c2cccc(Cl)c2)CCC1. The predicted octanol–water partition coefficient (Wildman–Crippen LogP) is 2.54. The Morgan fingerprint density at radius 1 is 1.29 bits per heavy atom. The number of benzene rings is 1. The summed E-state index contributed by atoms with van der Waals surface area (Å²) in [5.41, 5.74) is 0.0509. The number of rotatable bonds is 5. The first-order chi connectivity index (χ1) is 11.3. The van der Waals surface area contributed by atoms with Crippen molar-refractivity contribution in [1.29, 1.82) is 0 Å². The number of nitrogens with one attached hydrogen (secondary N) is 2. The number of urea groups is 1. The summed E-state index contributed by atoms with van der Waals surface area (Å²) < 4.78 is 5.14. The van der Waals surface area contributed by atoms with Crippen LogP contribution in [0.15, 0.2) is 24.3 Å². The van der Waals surface area contributed by atoms with Crippen LogP contribution in [0.25, 0.3) is 0 Å². The van der Waals surface area contributed by atoms with Gasteiger partial charge in [0.25, 0.3) is 5.91 Å². The van der Waals surface area contributed by atoms with E-state index >= 15 is 0 Å². The summed E-state index contributed by atoms with van der Waals surface area (Å²) in [6.07, 6.45) is 2.22. The molecule has 0 bridgehead atoms. The number of amides is 3. The molecule has 2 rings (SSSR count). The second kappa shape index (κ2) is 7.66. The van der Waals surface area contributed by atoms with Gasteiger partial charge in [-0.1, -0.05) is 30.2 Å². The molecule has 1 aliphatic rings. The molecule has 0 saturated heterocycles. The minimum Gasteiger partial charge on any atom is -0.455 e. The standard InChI is InChI=1S/C17H21ClN2O4/c1-11(2)19-16(23)20-14(21)10-24-15(22)17(7-4-8-17)12-5-3-6-13(18)9-12/h3,5-6,9,11H,4,7-8,10H2,1-2H3,(H2,19,20,21,23). The fourth-order valence-corrected chi connectivity index (χ4v) is 2.85. The third-order valence-electron chi connectivity index (χ3n) is 3.98. The molecule has 3 amide bonds. The molecule has 0 aromatic heterocycles. The van der Waals surface area contributed by atoms with Gasteiger partial charge < -0.3 is 10.1 Å². The number of halogens is 1. The quantitative estimate of drug-likeness (QED) is 0.797. The van der Waals surface area contributed by atoms with Gasteiger partial charge in [0.1, 0.15) is 0 Å². The zero-order valence-corrected chi connectivity index (χ0v) is 14.5. The lowest BCUT2D eigenvalue weighted by Gasteiger charge is -2.39. The molecule has 0 radical (unpaired) electrons. The van der Waals surface area contributed by atoms with Crippen LogP contribution in [0.4, 0.5) is 4.79 Å². The lowest BCUT2D eigenvalue weighted by atomic mass is 9.64. The molecule has 0 heterocycles. The van der Waals surface area contributed by atoms with Crippen molar-refractivity contribution < 1.29 is 19.1 Å². The highest BCUT2D eigenvalue weighted by Gasteiger charge is 2.47. The van der Waals surface area contributed by atoms with Crippen LogP contribution in [0, 0.1) is 0 Å². The lowest BCUT2D eigenvalue weighted by molar-refractivity contribution is -0.157. The first kappa shape index (κ1) is 18.3. The Kier molecular flexibility index (Phi) is 5.83. The van der Waals surface area contributed by atoms with Crippen molar-refractivity contribution in [3.8, 4) is 0 Å². The highest BCUT2D eigenvalue weighted by atomic mass is 35.5. The van der Waals surface area contributed by atoms with E-state index in [1.54, 1.807) is 32.0 Å². The maximum atomic E-state index is 12.5. The smallest absolute Gasteiger partial charge is 0.321 e. The van der Waals surface area contributed by atoms with Crippen LogP contribution in [0.1, 0.15) is 38.7 Å². The van der Waals surface area contributed by atoms with E-state index < -0.39 is 29.9 Å². The fraction of sp³-hybridized carbons (Fsp3) is 0.471. The van der Waals surface area contributed by atoms with Crippen LogP contribution in [0.2, 0.25) is 5.02 Å². The third kappa shape index (κ3) is 4.26. The maximum Gasteiger partial charge on any atom is 0.321 e. The molecule has 0 atom stereocenters. The number of ether oxygens (including phenoxy) is 1. The van der Waals surface area contributed by atoms with E-state index in [-0.39, 0.29) is 6.04 Å². The van der Waals surface area contributed by atoms with Gasteiger partial charge in [-0.05, 0) is 44.4 Å². The summed E-state index contributed by atoms with van der Waals surface area (Å²) in [5.74, 6) is -1.13. The minimum absolute atomic E-state index is 0.0959. The summed E-state index contributed by atoms with van der Waals surface area (Å²) in [4.78, 5) is 35.6. The molecule has 1 aliphatic carbocycles. The van der Waals surface area contributed by atoms with E-state index in [1.165, 1.54) is 0 Å². The van der Waals surface area contributed by atoms with Crippen molar-refractivity contribution in [2.45, 2.75) is 44.6 Å². The Balaban J connectivity index is 1.93. The van der Waals surface area contributed by atoms with Crippen LogP contribution in [-0.2, 0) is 19.7 Å². The molecule has 24 heavy (non-hydrogen) atoms. The number of esters is 1. The third-order valence-corrected chi connectivity index (χ3v) is 4.22. The second-order valence-corrected chi connectivity index (χ2v) is 6.63. The van der Waals surface area contributed by atoms with Gasteiger partial charge in [0, 0.05) is 11.1 Å². The summed E-state index contributed by atoms with van der Waals surface area (Å²) >= 11 is 6.00. The Labute approximate surface area is 145 Å². The predicted molar refractivity (Wildman–Crippen MR) is 89.8 cm³/mol. The van der Waals surface area contributed by atoms with Gasteiger partial charge in [-0.15, -0.1) is 0 Å². The molecule has 0 unspecified atom stereocenters. The Morgan fingerprint density at radius 2 is 2.00 bits per heavy atom. The molecule has 1 aromatic rings. The number of hydrogen-bond acceptors (Lipinski definition) is 4. The van der Waals surface area contributed by atoms with Gasteiger partial charge in [0.05, 0.1) is 5.41 Å². The topological polar surface area (TPSA) is 84.5 Å². The normalized spacial score (nSPS) is 15.3. The molecule has 2 N–H and O–H groups in total. The molecular weight excluding hydrogens is 332 g/mol. The zero-order valence-electron chi connectivity index (χ0n) is 13.7. The highest BCUT2D eigenvalue weighted by Crippen LogP contribution is 2.45. The zero-order chi connectivity index (χ0) is 17.7. The second-order valence-electron chi connectivity index (χ2n) is 6.20. The van der Waals surface area contributed by atoms with Crippen molar-refractivity contribution in [3.05, 3.63) is 34.9 Å². The van der Waals surface area contributed by atoms with E-state index in [1.807, 2.05) is 6.07 Å². The van der Waals surface area contributed by atoms with Crippen LogP contribution < -0.4 is 10.6 Å². The van der Waals surface area contributed by atoms with E-state index in [2.05, 4.69) is 10.6 Å². The summed E-state index contributed by atoms with van der Waals surface area (Å²) in [6, 6.07) is 6.40. The molecule has 1 saturated carbocycles. The molecule has 0 spiro atoms. The Morgan fingerprint density at radius 3 is 2.54 bits per heavy atom. The summed E-state index contributed by atoms with van der Waals surface area (Å²) in [5, 5.41) is 5.19. The monoisotopic (exact) mass is 352 g/mol. The van der Waals surface area contributed by atoms with Gasteiger partial charge in [-0.3, -0.25) is 14.9 Å². The number of carbonyl (C=O) groups is 3. The summed E-state index contributed by atoms with van der Waals surface area (Å²) in [6.45, 7) is 3.05. The van der Waals surface area contributed by atoms with Crippen LogP contribution in [0.5, 0.6) is 0 Å². The van der Waals surface area contributed by atoms with Gasteiger partial charge >= 0.3 is 12.0 Å². The number of carbonyl (C=O) groups excluding carboxylic acids is 3. The maximum absolute atomic E-state index is 12.5. The van der Waals surface area contributed by atoms with Crippen LogP contribution in [0.3, 0.4) is 0 Å². The molecule has 130 valence electrons. The molecular formula is C17H21ClN2O4. The van der Waals surface area contributed by atoms with Crippen LogP contribution >= 0.6 is 11.6 Å².